The maximum absolute atomic E-state index is 3.85. The van der Waals surface area contributed by atoms with Crippen molar-refractivity contribution in [2.24, 2.45) is 23.2 Å². The predicted molar refractivity (Wildman–Crippen MR) is 71.2 cm³/mol. The van der Waals surface area contributed by atoms with Crippen LogP contribution in [0.3, 0.4) is 0 Å². The summed E-state index contributed by atoms with van der Waals surface area (Å²) in [7, 11) is 0. The third-order valence-corrected chi connectivity index (χ3v) is 4.57. The Morgan fingerprint density at radius 2 is 2.00 bits per heavy atom. The number of allylic oxidation sites excluding steroid dienone is 5. The molecule has 0 aromatic carbocycles. The Hall–Kier alpha value is -0.780. The Kier molecular flexibility index (Phi) is 3.37. The van der Waals surface area contributed by atoms with Crippen molar-refractivity contribution in [2.45, 2.75) is 39.5 Å². The van der Waals surface area contributed by atoms with Gasteiger partial charge < -0.3 is 0 Å². The van der Waals surface area contributed by atoms with E-state index in [9.17, 15) is 0 Å². The second kappa shape index (κ2) is 4.61. The van der Waals surface area contributed by atoms with Crippen LogP contribution in [0.5, 0.6) is 0 Å². The molecule has 0 nitrogen and oxygen atoms in total. The third-order valence-electron chi connectivity index (χ3n) is 4.57. The van der Waals surface area contributed by atoms with Crippen LogP contribution in [-0.4, -0.2) is 0 Å². The van der Waals surface area contributed by atoms with Gasteiger partial charge in [-0.1, -0.05) is 44.2 Å². The minimum atomic E-state index is 0.461. The van der Waals surface area contributed by atoms with Crippen LogP contribution in [0.1, 0.15) is 39.5 Å². The highest BCUT2D eigenvalue weighted by Crippen LogP contribution is 2.50. The first kappa shape index (κ1) is 11.7. The lowest BCUT2D eigenvalue weighted by Crippen LogP contribution is -2.28. The van der Waals surface area contributed by atoms with E-state index < -0.39 is 0 Å². The zero-order valence-corrected chi connectivity index (χ0v) is 10.7. The first-order valence-corrected chi connectivity index (χ1v) is 6.61. The molecule has 0 heterocycles. The van der Waals surface area contributed by atoms with E-state index in [4.69, 9.17) is 0 Å². The average Bonchev–Trinajstić information content (AvgIpc) is 2.71. The van der Waals surface area contributed by atoms with Gasteiger partial charge in [-0.3, -0.25) is 0 Å². The minimum Gasteiger partial charge on any atom is -0.103 e. The molecule has 0 aromatic heterocycles. The van der Waals surface area contributed by atoms with E-state index >= 15 is 0 Å². The Labute approximate surface area is 100 Å². The van der Waals surface area contributed by atoms with Gasteiger partial charge in [0.25, 0.3) is 0 Å². The number of fused-ring (bicyclic) bond motifs is 1. The van der Waals surface area contributed by atoms with E-state index in [1.165, 1.54) is 19.3 Å². The van der Waals surface area contributed by atoms with Crippen molar-refractivity contribution in [2.75, 3.05) is 0 Å². The molecule has 0 bridgehead atoms. The maximum Gasteiger partial charge on any atom is -0.0134 e. The van der Waals surface area contributed by atoms with Gasteiger partial charge in [0.05, 0.1) is 0 Å². The van der Waals surface area contributed by atoms with E-state index in [-0.39, 0.29) is 0 Å². The summed E-state index contributed by atoms with van der Waals surface area (Å²) in [5.74, 6) is 2.47. The Morgan fingerprint density at radius 3 is 2.75 bits per heavy atom. The van der Waals surface area contributed by atoms with Gasteiger partial charge in [-0.2, -0.15) is 0 Å². The highest BCUT2D eigenvalue weighted by molar-refractivity contribution is 5.18. The minimum absolute atomic E-state index is 0.461. The molecule has 3 unspecified atom stereocenters. The summed E-state index contributed by atoms with van der Waals surface area (Å²) < 4.78 is 0. The molecule has 1 fully saturated rings. The van der Waals surface area contributed by atoms with Crippen LogP contribution in [-0.2, 0) is 0 Å². The highest BCUT2D eigenvalue weighted by atomic mass is 14.5. The summed E-state index contributed by atoms with van der Waals surface area (Å²) in [6.07, 6.45) is 16.6. The zero-order chi connectivity index (χ0) is 11.6. The van der Waals surface area contributed by atoms with Crippen molar-refractivity contribution >= 4 is 0 Å². The van der Waals surface area contributed by atoms with Crippen LogP contribution in [0.15, 0.2) is 37.0 Å². The first-order chi connectivity index (χ1) is 7.65. The third kappa shape index (κ3) is 2.16. The largest absolute Gasteiger partial charge is 0.103 e. The first-order valence-electron chi connectivity index (χ1n) is 6.61. The standard InChI is InChI=1S/C16H24/c1-4-5-12-16(2,3)15-11-10-13-8-6-7-9-14(13)15/h4,6-9,13-15H,1,5,10-12H2,2-3H3. The molecule has 0 aromatic rings. The van der Waals surface area contributed by atoms with Crippen molar-refractivity contribution in [1.29, 1.82) is 0 Å². The van der Waals surface area contributed by atoms with Crippen molar-refractivity contribution in [3.05, 3.63) is 37.0 Å². The molecule has 2 aliphatic carbocycles. The smallest absolute Gasteiger partial charge is 0.0134 e. The topological polar surface area (TPSA) is 0 Å². The summed E-state index contributed by atoms with van der Waals surface area (Å²) in [6.45, 7) is 8.73. The quantitative estimate of drug-likeness (QED) is 0.595. The molecular weight excluding hydrogens is 192 g/mol. The maximum atomic E-state index is 3.85. The van der Waals surface area contributed by atoms with Gasteiger partial charge in [0, 0.05) is 0 Å². The van der Waals surface area contributed by atoms with E-state index in [1.807, 2.05) is 0 Å². The molecule has 3 atom stereocenters. The number of hydrogen-bond acceptors (Lipinski definition) is 0. The highest BCUT2D eigenvalue weighted by Gasteiger charge is 2.41. The predicted octanol–water partition coefficient (Wildman–Crippen LogP) is 4.75. The van der Waals surface area contributed by atoms with Gasteiger partial charge in [-0.05, 0) is 48.9 Å². The normalized spacial score (nSPS) is 32.8. The lowest BCUT2D eigenvalue weighted by atomic mass is 9.69. The molecule has 0 radical (unpaired) electrons. The average molecular weight is 216 g/mol. The monoisotopic (exact) mass is 216 g/mol. The van der Waals surface area contributed by atoms with Crippen LogP contribution in [0, 0.1) is 23.2 Å². The fourth-order valence-corrected chi connectivity index (χ4v) is 3.53. The van der Waals surface area contributed by atoms with Crippen LogP contribution in [0.4, 0.5) is 0 Å². The van der Waals surface area contributed by atoms with Gasteiger partial charge in [-0.25, -0.2) is 0 Å². The molecule has 2 aliphatic rings. The van der Waals surface area contributed by atoms with Crippen molar-refractivity contribution in [3.8, 4) is 0 Å². The molecule has 16 heavy (non-hydrogen) atoms. The molecule has 88 valence electrons. The van der Waals surface area contributed by atoms with E-state index in [2.05, 4.69) is 50.8 Å². The second-order valence-electron chi connectivity index (χ2n) is 6.01. The second-order valence-corrected chi connectivity index (χ2v) is 6.01. The molecule has 0 N–H and O–H groups in total. The van der Waals surface area contributed by atoms with Gasteiger partial charge in [0.15, 0.2) is 0 Å². The zero-order valence-electron chi connectivity index (χ0n) is 10.7. The molecule has 2 rings (SSSR count). The molecule has 0 saturated heterocycles. The van der Waals surface area contributed by atoms with E-state index in [0.29, 0.717) is 5.41 Å². The van der Waals surface area contributed by atoms with Gasteiger partial charge >= 0.3 is 0 Å². The van der Waals surface area contributed by atoms with Crippen LogP contribution in [0.2, 0.25) is 0 Å². The van der Waals surface area contributed by atoms with E-state index in [1.54, 1.807) is 0 Å². The van der Waals surface area contributed by atoms with Gasteiger partial charge in [0.2, 0.25) is 0 Å². The lowest BCUT2D eigenvalue weighted by Gasteiger charge is -2.36. The summed E-state index contributed by atoms with van der Waals surface area (Å²) in [6, 6.07) is 0. The van der Waals surface area contributed by atoms with Crippen molar-refractivity contribution in [3.63, 3.8) is 0 Å². The summed E-state index contributed by atoms with van der Waals surface area (Å²) in [4.78, 5) is 0. The Bertz CT molecular complexity index is 306. The molecule has 0 spiro atoms. The summed E-state index contributed by atoms with van der Waals surface area (Å²) >= 11 is 0. The van der Waals surface area contributed by atoms with E-state index in [0.717, 1.165) is 24.2 Å². The fourth-order valence-electron chi connectivity index (χ4n) is 3.53. The van der Waals surface area contributed by atoms with Crippen LogP contribution >= 0.6 is 0 Å². The van der Waals surface area contributed by atoms with Gasteiger partial charge in [0.1, 0.15) is 0 Å². The SMILES string of the molecule is C=CCCC(C)(C)C1CCC2C=CC=CC21. The molecular formula is C16H24. The molecule has 0 heteroatoms. The van der Waals surface area contributed by atoms with Crippen LogP contribution in [0.25, 0.3) is 0 Å². The molecule has 0 aliphatic heterocycles. The fraction of sp³-hybridized carbons (Fsp3) is 0.625. The molecule has 0 amide bonds. The Morgan fingerprint density at radius 1 is 1.25 bits per heavy atom. The lowest BCUT2D eigenvalue weighted by molar-refractivity contribution is 0.164. The number of hydrogen-bond donors (Lipinski definition) is 0. The van der Waals surface area contributed by atoms with Crippen LogP contribution < -0.4 is 0 Å². The molecule has 1 saturated carbocycles. The summed E-state index contributed by atoms with van der Waals surface area (Å²) in [5, 5.41) is 0. The summed E-state index contributed by atoms with van der Waals surface area (Å²) in [5.41, 5.74) is 0.461. The van der Waals surface area contributed by atoms with Crippen molar-refractivity contribution < 1.29 is 0 Å². The van der Waals surface area contributed by atoms with Gasteiger partial charge in [-0.15, -0.1) is 6.58 Å². The Balaban J connectivity index is 2.07. The number of rotatable bonds is 4. The van der Waals surface area contributed by atoms with Crippen molar-refractivity contribution in [1.82, 2.24) is 0 Å².